The smallest absolute Gasteiger partial charge is 0.280 e. The third-order valence-corrected chi connectivity index (χ3v) is 6.13. The first-order chi connectivity index (χ1) is 18.9. The quantitative estimate of drug-likeness (QED) is 0.221. The van der Waals surface area contributed by atoms with E-state index in [-0.39, 0.29) is 24.7 Å². The van der Waals surface area contributed by atoms with Crippen molar-refractivity contribution in [2.45, 2.75) is 45.1 Å². The van der Waals surface area contributed by atoms with Gasteiger partial charge in [0.05, 0.1) is 12.0 Å². The lowest BCUT2D eigenvalue weighted by atomic mass is 10.1. The van der Waals surface area contributed by atoms with Crippen LogP contribution in [0.4, 0.5) is 11.4 Å². The summed E-state index contributed by atoms with van der Waals surface area (Å²) < 4.78 is 12.4. The van der Waals surface area contributed by atoms with E-state index in [0.717, 1.165) is 35.4 Å². The number of imide groups is 1. The number of hydrogen-bond acceptors (Lipinski definition) is 9. The molecule has 0 bridgehead atoms. The highest BCUT2D eigenvalue weighted by Gasteiger charge is 2.30. The Morgan fingerprint density at radius 3 is 2.62 bits per heavy atom. The molecule has 1 atom stereocenters. The van der Waals surface area contributed by atoms with E-state index in [4.69, 9.17) is 9.47 Å². The molecule has 0 radical (unpaired) electrons. The standard InChI is InChI=1S/C27H32N6O6/c1-18(34)29-19-8-10-20(11-9-19)39-17-5-16-38-15-3-2-14-28-21-6-4-7-22-25(21)27(37)33(32-31-22)23-12-13-24(35)30-26(23)36/h4,6-11,23,28H,2-3,5,12-17H2,1H3,(H,29,34)(H,30,35,36). The van der Waals surface area contributed by atoms with Crippen LogP contribution >= 0.6 is 0 Å². The number of amides is 3. The van der Waals surface area contributed by atoms with Crippen LogP contribution in [0.25, 0.3) is 10.9 Å². The van der Waals surface area contributed by atoms with E-state index in [1.807, 2.05) is 12.1 Å². The van der Waals surface area contributed by atoms with Crippen molar-refractivity contribution in [3.05, 3.63) is 52.8 Å². The maximum absolute atomic E-state index is 13.2. The van der Waals surface area contributed by atoms with Gasteiger partial charge in [0.25, 0.3) is 11.5 Å². The minimum Gasteiger partial charge on any atom is -0.494 e. The summed E-state index contributed by atoms with van der Waals surface area (Å²) in [6.45, 7) is 3.81. The second-order valence-corrected chi connectivity index (χ2v) is 9.16. The number of carbonyl (C=O) groups excluding carboxylic acids is 3. The Kier molecular flexibility index (Phi) is 9.57. The summed E-state index contributed by atoms with van der Waals surface area (Å²) in [5.74, 6) is -0.282. The van der Waals surface area contributed by atoms with Gasteiger partial charge >= 0.3 is 0 Å². The van der Waals surface area contributed by atoms with E-state index in [9.17, 15) is 19.2 Å². The summed E-state index contributed by atoms with van der Waals surface area (Å²) in [4.78, 5) is 47.9. The fraction of sp³-hybridized carbons (Fsp3) is 0.407. The van der Waals surface area contributed by atoms with Gasteiger partial charge in [-0.2, -0.15) is 4.68 Å². The van der Waals surface area contributed by atoms with Crippen molar-refractivity contribution in [2.24, 2.45) is 0 Å². The van der Waals surface area contributed by atoms with Crippen molar-refractivity contribution in [2.75, 3.05) is 37.0 Å². The third-order valence-electron chi connectivity index (χ3n) is 6.13. The maximum atomic E-state index is 13.2. The molecule has 1 aliphatic rings. The van der Waals surface area contributed by atoms with Crippen LogP contribution in [-0.2, 0) is 19.1 Å². The fourth-order valence-electron chi connectivity index (χ4n) is 4.21. The minimum atomic E-state index is -0.863. The molecule has 3 N–H and O–H groups in total. The molecule has 12 nitrogen and oxygen atoms in total. The number of carbonyl (C=O) groups is 3. The highest BCUT2D eigenvalue weighted by Crippen LogP contribution is 2.21. The van der Waals surface area contributed by atoms with Crippen LogP contribution in [0.5, 0.6) is 5.75 Å². The van der Waals surface area contributed by atoms with Gasteiger partial charge in [-0.05, 0) is 55.7 Å². The molecule has 3 amide bonds. The first-order valence-electron chi connectivity index (χ1n) is 13.0. The lowest BCUT2D eigenvalue weighted by molar-refractivity contribution is -0.136. The van der Waals surface area contributed by atoms with Gasteiger partial charge in [0.1, 0.15) is 17.3 Å². The van der Waals surface area contributed by atoms with Crippen molar-refractivity contribution in [3.63, 3.8) is 0 Å². The summed E-state index contributed by atoms with van der Waals surface area (Å²) in [6, 6.07) is 11.6. The van der Waals surface area contributed by atoms with Crippen LogP contribution in [0.15, 0.2) is 47.3 Å². The molecule has 12 heteroatoms. The number of piperidine rings is 1. The van der Waals surface area contributed by atoms with Crippen LogP contribution in [0.1, 0.15) is 45.1 Å². The van der Waals surface area contributed by atoms with E-state index >= 15 is 0 Å². The van der Waals surface area contributed by atoms with Crippen LogP contribution in [0.3, 0.4) is 0 Å². The van der Waals surface area contributed by atoms with Gasteiger partial charge in [-0.15, -0.1) is 5.10 Å². The highest BCUT2D eigenvalue weighted by molar-refractivity contribution is 5.99. The third kappa shape index (κ3) is 7.60. The zero-order chi connectivity index (χ0) is 27.6. The first kappa shape index (κ1) is 27.7. The molecular weight excluding hydrogens is 504 g/mol. The fourth-order valence-corrected chi connectivity index (χ4v) is 4.21. The molecule has 3 aromatic rings. The Hall–Kier alpha value is -4.32. The molecular formula is C27H32N6O6. The van der Waals surface area contributed by atoms with Crippen LogP contribution in [0, 0.1) is 0 Å². The normalized spacial score (nSPS) is 15.2. The Morgan fingerprint density at radius 2 is 1.85 bits per heavy atom. The number of hydrogen-bond donors (Lipinski definition) is 3. The largest absolute Gasteiger partial charge is 0.494 e. The molecule has 206 valence electrons. The minimum absolute atomic E-state index is 0.115. The molecule has 1 unspecified atom stereocenters. The number of benzene rings is 2. The van der Waals surface area contributed by atoms with Gasteiger partial charge in [0.2, 0.25) is 11.8 Å². The van der Waals surface area contributed by atoms with Gasteiger partial charge in [0.15, 0.2) is 0 Å². The molecule has 2 aromatic carbocycles. The molecule has 1 aliphatic heterocycles. The van der Waals surface area contributed by atoms with E-state index in [0.29, 0.717) is 43.0 Å². The molecule has 4 rings (SSSR count). The predicted molar refractivity (Wildman–Crippen MR) is 145 cm³/mol. The lowest BCUT2D eigenvalue weighted by Crippen LogP contribution is -2.45. The molecule has 1 aromatic heterocycles. The number of nitrogens with zero attached hydrogens (tertiary/aromatic N) is 3. The SMILES string of the molecule is CC(=O)Nc1ccc(OCCCOCCCCNc2cccc3nnn(C4CCC(=O)NC4=O)c(=O)c23)cc1. The average Bonchev–Trinajstić information content (AvgIpc) is 2.91. The average molecular weight is 537 g/mol. The molecule has 0 saturated carbocycles. The summed E-state index contributed by atoms with van der Waals surface area (Å²) in [5.41, 5.74) is 1.36. The Labute approximate surface area is 225 Å². The molecule has 0 spiro atoms. The van der Waals surface area contributed by atoms with Crippen LogP contribution in [0.2, 0.25) is 0 Å². The molecule has 0 aliphatic carbocycles. The predicted octanol–water partition coefficient (Wildman–Crippen LogP) is 2.41. The van der Waals surface area contributed by atoms with Crippen molar-refractivity contribution in [1.29, 1.82) is 0 Å². The monoisotopic (exact) mass is 536 g/mol. The van der Waals surface area contributed by atoms with E-state index in [2.05, 4.69) is 26.3 Å². The van der Waals surface area contributed by atoms with Gasteiger partial charge < -0.3 is 20.1 Å². The van der Waals surface area contributed by atoms with Gasteiger partial charge in [-0.25, -0.2) is 0 Å². The summed E-state index contributed by atoms with van der Waals surface area (Å²) in [6.07, 6.45) is 2.77. The number of ether oxygens (including phenoxy) is 2. The van der Waals surface area contributed by atoms with Gasteiger partial charge in [-0.1, -0.05) is 11.3 Å². The van der Waals surface area contributed by atoms with Gasteiger partial charge in [-0.3, -0.25) is 24.5 Å². The molecule has 1 saturated heterocycles. The van der Waals surface area contributed by atoms with E-state index in [1.165, 1.54) is 6.92 Å². The first-order valence-corrected chi connectivity index (χ1v) is 13.0. The second kappa shape index (κ2) is 13.5. The zero-order valence-corrected chi connectivity index (χ0v) is 21.8. The molecule has 39 heavy (non-hydrogen) atoms. The van der Waals surface area contributed by atoms with Gasteiger partial charge in [0, 0.05) is 50.9 Å². The summed E-state index contributed by atoms with van der Waals surface area (Å²) >= 11 is 0. The number of nitrogens with one attached hydrogen (secondary N) is 3. The highest BCUT2D eigenvalue weighted by atomic mass is 16.5. The van der Waals surface area contributed by atoms with E-state index in [1.54, 1.807) is 30.3 Å². The van der Waals surface area contributed by atoms with Crippen molar-refractivity contribution >= 4 is 40.0 Å². The summed E-state index contributed by atoms with van der Waals surface area (Å²) in [5, 5.41) is 16.7. The second-order valence-electron chi connectivity index (χ2n) is 9.16. The van der Waals surface area contributed by atoms with E-state index < -0.39 is 17.5 Å². The Balaban J connectivity index is 1.17. The van der Waals surface area contributed by atoms with Crippen LogP contribution in [-0.4, -0.2) is 59.1 Å². The Morgan fingerprint density at radius 1 is 1.05 bits per heavy atom. The molecule has 2 heterocycles. The summed E-state index contributed by atoms with van der Waals surface area (Å²) in [7, 11) is 0. The number of unbranched alkanes of at least 4 members (excludes halogenated alkanes) is 1. The molecule has 1 fully saturated rings. The van der Waals surface area contributed by atoms with Crippen molar-refractivity contribution in [3.8, 4) is 5.75 Å². The number of fused-ring (bicyclic) bond motifs is 1. The Bertz CT molecular complexity index is 1370. The van der Waals surface area contributed by atoms with Crippen LogP contribution < -0.4 is 26.2 Å². The lowest BCUT2D eigenvalue weighted by Gasteiger charge is -2.21. The van der Waals surface area contributed by atoms with Crippen molar-refractivity contribution < 1.29 is 23.9 Å². The zero-order valence-electron chi connectivity index (χ0n) is 21.8. The maximum Gasteiger partial charge on any atom is 0.280 e. The number of anilines is 2. The van der Waals surface area contributed by atoms with Crippen molar-refractivity contribution in [1.82, 2.24) is 20.3 Å². The topological polar surface area (TPSA) is 154 Å². The number of aromatic nitrogens is 3. The number of rotatable bonds is 13.